The maximum absolute atomic E-state index is 5.78. The molecule has 1 saturated carbocycles. The van der Waals surface area contributed by atoms with Gasteiger partial charge in [0.2, 0.25) is 0 Å². The molecule has 0 unspecified atom stereocenters. The fraction of sp³-hybridized carbons (Fsp3) is 0.833. The molecule has 1 fully saturated rings. The zero-order chi connectivity index (χ0) is 5.11. The van der Waals surface area contributed by atoms with Crippen LogP contribution >= 0.6 is 11.6 Å². The van der Waals surface area contributed by atoms with Gasteiger partial charge in [-0.25, -0.2) is 0 Å². The van der Waals surface area contributed by atoms with Gasteiger partial charge in [-0.15, -0.1) is 11.6 Å². The van der Waals surface area contributed by atoms with Crippen molar-refractivity contribution in [1.29, 1.82) is 0 Å². The highest BCUT2D eigenvalue weighted by Gasteiger charge is 2.08. The van der Waals surface area contributed by atoms with Crippen LogP contribution in [0, 0.1) is 6.42 Å². The molecule has 1 aliphatic carbocycles. The average Bonchev–Trinajstić information content (AvgIpc) is 1.69. The molecule has 0 bridgehead atoms. The Morgan fingerprint density at radius 1 is 1.29 bits per heavy atom. The smallest absolute Gasteiger partial charge is 0.0336 e. The summed E-state index contributed by atoms with van der Waals surface area (Å²) >= 11 is 5.78. The quantitative estimate of drug-likeness (QED) is 0.426. The SMILES string of the molecule is ClC1CC[C]CC1. The summed E-state index contributed by atoms with van der Waals surface area (Å²) < 4.78 is 0. The van der Waals surface area contributed by atoms with E-state index in [4.69, 9.17) is 11.6 Å². The predicted octanol–water partition coefficient (Wildman–Crippen LogP) is 2.25. The van der Waals surface area contributed by atoms with Gasteiger partial charge in [-0.05, 0) is 32.1 Å². The van der Waals surface area contributed by atoms with Gasteiger partial charge in [-0.1, -0.05) is 0 Å². The fourth-order valence-electron chi connectivity index (χ4n) is 0.787. The molecule has 1 aliphatic rings. The molecule has 0 spiro atoms. The van der Waals surface area contributed by atoms with Crippen molar-refractivity contribution in [2.24, 2.45) is 0 Å². The highest BCUT2D eigenvalue weighted by Crippen LogP contribution is 2.20. The summed E-state index contributed by atoms with van der Waals surface area (Å²) in [5.41, 5.74) is 0. The molecule has 0 amide bonds. The van der Waals surface area contributed by atoms with Gasteiger partial charge >= 0.3 is 0 Å². The van der Waals surface area contributed by atoms with Gasteiger partial charge in [0, 0.05) is 5.38 Å². The standard InChI is InChI=1S/C6H9Cl/c7-6-4-2-1-3-5-6/h6H,2-5H2. The van der Waals surface area contributed by atoms with Crippen LogP contribution in [0.3, 0.4) is 0 Å². The van der Waals surface area contributed by atoms with Crippen LogP contribution in [-0.4, -0.2) is 5.38 Å². The van der Waals surface area contributed by atoms with Gasteiger partial charge in [0.25, 0.3) is 0 Å². The lowest BCUT2D eigenvalue weighted by Gasteiger charge is -2.12. The Morgan fingerprint density at radius 2 is 1.86 bits per heavy atom. The zero-order valence-corrected chi connectivity index (χ0v) is 5.04. The van der Waals surface area contributed by atoms with Crippen molar-refractivity contribution in [1.82, 2.24) is 0 Å². The summed E-state index contributed by atoms with van der Waals surface area (Å²) in [4.78, 5) is 0. The molecule has 0 aromatic carbocycles. The molecular formula is C6H9Cl. The van der Waals surface area contributed by atoms with Crippen molar-refractivity contribution in [3.8, 4) is 0 Å². The Balaban J connectivity index is 2.12. The van der Waals surface area contributed by atoms with Crippen molar-refractivity contribution in [2.45, 2.75) is 31.1 Å². The summed E-state index contributed by atoms with van der Waals surface area (Å²) in [5.74, 6) is 0. The minimum atomic E-state index is 0.446. The van der Waals surface area contributed by atoms with Crippen LogP contribution in [0.2, 0.25) is 0 Å². The zero-order valence-electron chi connectivity index (χ0n) is 4.28. The largest absolute Gasteiger partial charge is 0.123 e. The van der Waals surface area contributed by atoms with Crippen molar-refractivity contribution in [3.63, 3.8) is 0 Å². The molecule has 0 aromatic heterocycles. The van der Waals surface area contributed by atoms with E-state index in [1.54, 1.807) is 0 Å². The second kappa shape index (κ2) is 2.56. The van der Waals surface area contributed by atoms with E-state index < -0.39 is 0 Å². The first kappa shape index (κ1) is 5.43. The molecule has 0 nitrogen and oxygen atoms in total. The van der Waals surface area contributed by atoms with Crippen LogP contribution in [0.5, 0.6) is 0 Å². The second-order valence-electron chi connectivity index (χ2n) is 1.92. The van der Waals surface area contributed by atoms with E-state index in [-0.39, 0.29) is 0 Å². The number of alkyl halides is 1. The third kappa shape index (κ3) is 1.68. The van der Waals surface area contributed by atoms with Gasteiger partial charge in [-0.2, -0.15) is 0 Å². The van der Waals surface area contributed by atoms with Crippen LogP contribution < -0.4 is 0 Å². The van der Waals surface area contributed by atoms with Crippen LogP contribution in [0.4, 0.5) is 0 Å². The highest BCUT2D eigenvalue weighted by molar-refractivity contribution is 6.20. The number of hydrogen-bond acceptors (Lipinski definition) is 0. The first-order valence-electron chi connectivity index (χ1n) is 2.74. The van der Waals surface area contributed by atoms with Gasteiger partial charge in [0.15, 0.2) is 0 Å². The maximum Gasteiger partial charge on any atom is 0.0336 e. The van der Waals surface area contributed by atoms with Gasteiger partial charge in [0.05, 0.1) is 0 Å². The van der Waals surface area contributed by atoms with Crippen LogP contribution in [0.15, 0.2) is 0 Å². The van der Waals surface area contributed by atoms with Gasteiger partial charge < -0.3 is 0 Å². The molecule has 0 aliphatic heterocycles. The summed E-state index contributed by atoms with van der Waals surface area (Å²) in [5, 5.41) is 0.446. The van der Waals surface area contributed by atoms with E-state index in [1.165, 1.54) is 0 Å². The Labute approximate surface area is 49.9 Å². The van der Waals surface area contributed by atoms with Crippen LogP contribution in [0.25, 0.3) is 0 Å². The third-order valence-corrected chi connectivity index (χ3v) is 1.71. The third-order valence-electron chi connectivity index (χ3n) is 1.27. The lowest BCUT2D eigenvalue weighted by Crippen LogP contribution is -2.03. The van der Waals surface area contributed by atoms with Gasteiger partial charge in [-0.3, -0.25) is 0 Å². The Bertz CT molecular complexity index is 46.1. The fourth-order valence-corrected chi connectivity index (χ4v) is 1.00. The average molecular weight is 117 g/mol. The van der Waals surface area contributed by atoms with Gasteiger partial charge in [0.1, 0.15) is 0 Å². The van der Waals surface area contributed by atoms with E-state index >= 15 is 0 Å². The molecule has 0 heterocycles. The van der Waals surface area contributed by atoms with E-state index in [2.05, 4.69) is 6.42 Å². The number of rotatable bonds is 0. The van der Waals surface area contributed by atoms with Crippen molar-refractivity contribution in [3.05, 3.63) is 6.42 Å². The Kier molecular flexibility index (Phi) is 1.99. The molecule has 7 heavy (non-hydrogen) atoms. The molecular weight excluding hydrogens is 108 g/mol. The molecule has 1 rings (SSSR count). The summed E-state index contributed by atoms with van der Waals surface area (Å²) in [7, 11) is 0. The molecule has 2 radical (unpaired) electrons. The molecule has 40 valence electrons. The molecule has 0 saturated heterocycles. The number of hydrogen-bond donors (Lipinski definition) is 0. The second-order valence-corrected chi connectivity index (χ2v) is 2.54. The first-order chi connectivity index (χ1) is 3.39. The number of halogens is 1. The topological polar surface area (TPSA) is 0 Å². The van der Waals surface area contributed by atoms with Crippen molar-refractivity contribution in [2.75, 3.05) is 0 Å². The molecule has 0 atom stereocenters. The molecule has 0 aromatic rings. The lowest BCUT2D eigenvalue weighted by molar-refractivity contribution is 0.601. The Hall–Kier alpha value is 0.290. The minimum Gasteiger partial charge on any atom is -0.123 e. The van der Waals surface area contributed by atoms with Crippen molar-refractivity contribution >= 4 is 11.6 Å². The van der Waals surface area contributed by atoms with Crippen LogP contribution in [0.1, 0.15) is 25.7 Å². The summed E-state index contributed by atoms with van der Waals surface area (Å²) in [6.45, 7) is 0. The molecule has 0 N–H and O–H groups in total. The van der Waals surface area contributed by atoms with E-state index in [1.807, 2.05) is 0 Å². The maximum atomic E-state index is 5.78. The van der Waals surface area contributed by atoms with Crippen molar-refractivity contribution < 1.29 is 0 Å². The van der Waals surface area contributed by atoms with E-state index in [0.29, 0.717) is 5.38 Å². The van der Waals surface area contributed by atoms with Crippen LogP contribution in [-0.2, 0) is 0 Å². The predicted molar refractivity (Wildman–Crippen MR) is 31.4 cm³/mol. The van der Waals surface area contributed by atoms with E-state index in [0.717, 1.165) is 25.7 Å². The molecule has 1 heteroatoms. The minimum absolute atomic E-state index is 0.446. The monoisotopic (exact) mass is 116 g/mol. The highest BCUT2D eigenvalue weighted by atomic mass is 35.5. The summed E-state index contributed by atoms with van der Waals surface area (Å²) in [6.07, 6.45) is 7.72. The first-order valence-corrected chi connectivity index (χ1v) is 3.18. The Morgan fingerprint density at radius 3 is 2.14 bits per heavy atom. The lowest BCUT2D eigenvalue weighted by atomic mass is 10.0. The van der Waals surface area contributed by atoms with E-state index in [9.17, 15) is 0 Å². The normalized spacial score (nSPS) is 25.3. The summed E-state index contributed by atoms with van der Waals surface area (Å²) in [6, 6.07) is 0.